The van der Waals surface area contributed by atoms with Crippen LogP contribution in [0.3, 0.4) is 0 Å². The number of halogens is 7. The van der Waals surface area contributed by atoms with Crippen LogP contribution in [-0.2, 0) is 19.8 Å². The van der Waals surface area contributed by atoms with Crippen LogP contribution in [-0.4, -0.2) is 14.8 Å². The van der Waals surface area contributed by atoms with Gasteiger partial charge in [-0.3, -0.25) is 0 Å². The van der Waals surface area contributed by atoms with E-state index in [0.717, 1.165) is 12.1 Å². The first-order valence-corrected chi connectivity index (χ1v) is 10.8. The Labute approximate surface area is 206 Å². The molecule has 0 bridgehead atoms. The number of ether oxygens (including phenoxy) is 1. The highest BCUT2D eigenvalue weighted by Gasteiger charge is 2.30. The minimum Gasteiger partial charge on any atom is -0.487 e. The highest BCUT2D eigenvalue weighted by atomic mass is 35.5. The summed E-state index contributed by atoms with van der Waals surface area (Å²) in [6, 6.07) is 12.2. The van der Waals surface area contributed by atoms with Crippen molar-refractivity contribution in [1.29, 1.82) is 0 Å². The molecule has 0 saturated carbocycles. The van der Waals surface area contributed by atoms with Gasteiger partial charge in [0.15, 0.2) is 11.6 Å². The molecule has 0 saturated heterocycles. The Kier molecular flexibility index (Phi) is 6.75. The van der Waals surface area contributed by atoms with Gasteiger partial charge in [-0.05, 0) is 42.5 Å². The lowest BCUT2D eigenvalue weighted by Crippen LogP contribution is -2.06. The van der Waals surface area contributed by atoms with Crippen molar-refractivity contribution in [2.45, 2.75) is 12.8 Å². The molecular formula is C23H14Cl3F4N3O. The van der Waals surface area contributed by atoms with E-state index in [2.05, 4.69) is 10.1 Å². The Morgan fingerprint density at radius 1 is 0.941 bits per heavy atom. The first-order valence-electron chi connectivity index (χ1n) is 9.68. The molecular weight excluding hydrogens is 517 g/mol. The zero-order valence-corrected chi connectivity index (χ0v) is 19.6. The second-order valence-corrected chi connectivity index (χ2v) is 8.44. The summed E-state index contributed by atoms with van der Waals surface area (Å²) in [6.45, 7) is -0.0874. The summed E-state index contributed by atoms with van der Waals surface area (Å²) in [4.78, 5) is 4.39. The van der Waals surface area contributed by atoms with Crippen LogP contribution >= 0.6 is 34.8 Å². The predicted molar refractivity (Wildman–Crippen MR) is 123 cm³/mol. The molecule has 0 N–H and O–H groups in total. The molecule has 0 spiro atoms. The number of hydrogen-bond donors (Lipinski definition) is 0. The van der Waals surface area contributed by atoms with E-state index in [9.17, 15) is 17.6 Å². The molecule has 3 aromatic carbocycles. The van der Waals surface area contributed by atoms with Crippen LogP contribution in [0.25, 0.3) is 22.8 Å². The van der Waals surface area contributed by atoms with Crippen molar-refractivity contribution in [3.8, 4) is 28.5 Å². The summed E-state index contributed by atoms with van der Waals surface area (Å²) in [5, 5.41) is 4.60. The molecule has 4 aromatic rings. The maximum atomic E-state index is 14.3. The second-order valence-electron chi connectivity index (χ2n) is 7.22. The van der Waals surface area contributed by atoms with E-state index in [0.29, 0.717) is 22.7 Å². The van der Waals surface area contributed by atoms with Crippen molar-refractivity contribution >= 4 is 34.8 Å². The number of hydrogen-bond acceptors (Lipinski definition) is 3. The standard InChI is InChI=1S/C23H14Cl3F4N3O/c1-33-22(31-21(32-33)20-15(24)3-2-4-18(20)27)12-6-8-19(17(26)9-12)34-11-13-5-7-14(10-16(13)25)23(28,29)30/h2-10H,11H2,1H3. The Morgan fingerprint density at radius 3 is 2.35 bits per heavy atom. The van der Waals surface area contributed by atoms with Gasteiger partial charge in [-0.2, -0.15) is 18.3 Å². The Morgan fingerprint density at radius 2 is 1.71 bits per heavy atom. The quantitative estimate of drug-likeness (QED) is 0.247. The molecule has 0 atom stereocenters. The molecule has 1 heterocycles. The molecule has 4 nitrogen and oxygen atoms in total. The number of aromatic nitrogens is 3. The van der Waals surface area contributed by atoms with Gasteiger partial charge < -0.3 is 4.74 Å². The fourth-order valence-electron chi connectivity index (χ4n) is 3.21. The van der Waals surface area contributed by atoms with E-state index < -0.39 is 17.6 Å². The molecule has 0 amide bonds. The monoisotopic (exact) mass is 529 g/mol. The van der Waals surface area contributed by atoms with E-state index in [-0.39, 0.29) is 33.1 Å². The maximum absolute atomic E-state index is 14.3. The lowest BCUT2D eigenvalue weighted by Gasteiger charge is -2.12. The van der Waals surface area contributed by atoms with E-state index in [1.54, 1.807) is 31.3 Å². The molecule has 0 unspecified atom stereocenters. The second kappa shape index (κ2) is 9.44. The van der Waals surface area contributed by atoms with Crippen LogP contribution in [0.4, 0.5) is 17.6 Å². The summed E-state index contributed by atoms with van der Waals surface area (Å²) in [5.74, 6) is 0.275. The first kappa shape index (κ1) is 24.3. The molecule has 0 radical (unpaired) electrons. The van der Waals surface area contributed by atoms with E-state index >= 15 is 0 Å². The minimum absolute atomic E-state index is 0.0685. The smallest absolute Gasteiger partial charge is 0.416 e. The van der Waals surface area contributed by atoms with E-state index in [1.807, 2.05) is 0 Å². The fourth-order valence-corrected chi connectivity index (χ4v) is 3.92. The molecule has 0 aliphatic heterocycles. The molecule has 4 rings (SSSR count). The van der Waals surface area contributed by atoms with Crippen molar-refractivity contribution < 1.29 is 22.3 Å². The van der Waals surface area contributed by atoms with E-state index in [4.69, 9.17) is 39.5 Å². The summed E-state index contributed by atoms with van der Waals surface area (Å²) in [5.41, 5.74) is 0.196. The predicted octanol–water partition coefficient (Wildman–Crippen LogP) is 7.85. The highest BCUT2D eigenvalue weighted by molar-refractivity contribution is 6.33. The zero-order chi connectivity index (χ0) is 24.6. The molecule has 34 heavy (non-hydrogen) atoms. The maximum Gasteiger partial charge on any atom is 0.416 e. The van der Waals surface area contributed by atoms with Gasteiger partial charge in [0, 0.05) is 23.2 Å². The number of alkyl halides is 3. The van der Waals surface area contributed by atoms with Gasteiger partial charge in [0.2, 0.25) is 0 Å². The average Bonchev–Trinajstić information content (AvgIpc) is 3.13. The van der Waals surface area contributed by atoms with Crippen LogP contribution < -0.4 is 4.74 Å². The summed E-state index contributed by atoms with van der Waals surface area (Å²) < 4.78 is 59.8. The van der Waals surface area contributed by atoms with Crippen molar-refractivity contribution in [3.05, 3.63) is 86.6 Å². The van der Waals surface area contributed by atoms with Gasteiger partial charge in [0.25, 0.3) is 0 Å². The third-order valence-electron chi connectivity index (χ3n) is 4.90. The molecule has 0 fully saturated rings. The highest BCUT2D eigenvalue weighted by Crippen LogP contribution is 2.35. The molecule has 1 aromatic heterocycles. The number of benzene rings is 3. The molecule has 0 aliphatic rings. The Balaban J connectivity index is 1.55. The molecule has 0 aliphatic carbocycles. The van der Waals surface area contributed by atoms with Gasteiger partial charge in [-0.1, -0.05) is 46.9 Å². The van der Waals surface area contributed by atoms with Crippen LogP contribution in [0, 0.1) is 5.82 Å². The minimum atomic E-state index is -4.49. The zero-order valence-electron chi connectivity index (χ0n) is 17.3. The van der Waals surface area contributed by atoms with Crippen LogP contribution in [0.5, 0.6) is 5.75 Å². The number of nitrogens with zero attached hydrogens (tertiary/aromatic N) is 3. The third kappa shape index (κ3) is 4.99. The number of rotatable bonds is 5. The lowest BCUT2D eigenvalue weighted by molar-refractivity contribution is -0.137. The van der Waals surface area contributed by atoms with Crippen LogP contribution in [0.15, 0.2) is 54.6 Å². The van der Waals surface area contributed by atoms with Gasteiger partial charge in [-0.25, -0.2) is 14.1 Å². The van der Waals surface area contributed by atoms with Gasteiger partial charge in [0.1, 0.15) is 18.2 Å². The Bertz CT molecular complexity index is 1350. The first-order chi connectivity index (χ1) is 16.0. The van der Waals surface area contributed by atoms with E-state index in [1.165, 1.54) is 22.9 Å². The van der Waals surface area contributed by atoms with Crippen molar-refractivity contribution in [2.75, 3.05) is 0 Å². The topological polar surface area (TPSA) is 39.9 Å². The van der Waals surface area contributed by atoms with Gasteiger partial charge in [0.05, 0.1) is 21.2 Å². The summed E-state index contributed by atoms with van der Waals surface area (Å²) in [7, 11) is 1.64. The number of aryl methyl sites for hydroxylation is 1. The Hall–Kier alpha value is -2.81. The van der Waals surface area contributed by atoms with Crippen molar-refractivity contribution in [3.63, 3.8) is 0 Å². The average molecular weight is 531 g/mol. The van der Waals surface area contributed by atoms with Crippen LogP contribution in [0.2, 0.25) is 15.1 Å². The van der Waals surface area contributed by atoms with Gasteiger partial charge in [-0.15, -0.1) is 0 Å². The van der Waals surface area contributed by atoms with Crippen molar-refractivity contribution in [1.82, 2.24) is 14.8 Å². The largest absolute Gasteiger partial charge is 0.487 e. The van der Waals surface area contributed by atoms with Crippen LogP contribution in [0.1, 0.15) is 11.1 Å². The summed E-state index contributed by atoms with van der Waals surface area (Å²) in [6.07, 6.45) is -4.49. The van der Waals surface area contributed by atoms with Gasteiger partial charge >= 0.3 is 6.18 Å². The lowest BCUT2D eigenvalue weighted by atomic mass is 10.1. The normalized spacial score (nSPS) is 11.6. The summed E-state index contributed by atoms with van der Waals surface area (Å²) >= 11 is 18.4. The molecule has 11 heteroatoms. The SMILES string of the molecule is Cn1nc(-c2c(F)cccc2Cl)nc1-c1ccc(OCc2ccc(C(F)(F)F)cc2Cl)c(Cl)c1. The molecule has 176 valence electrons. The third-order valence-corrected chi connectivity index (χ3v) is 5.87. The van der Waals surface area contributed by atoms with Crippen molar-refractivity contribution in [2.24, 2.45) is 7.05 Å². The fraction of sp³-hybridized carbons (Fsp3) is 0.130.